The molecule has 1 aromatic carbocycles. The largest absolute Gasteiger partial charge is 0.497 e. The normalized spacial score (nSPS) is 29.7. The number of aliphatic hydroxyl groups is 1. The summed E-state index contributed by atoms with van der Waals surface area (Å²) in [5.74, 6) is 0.791. The average Bonchev–Trinajstić information content (AvgIpc) is 2.16. The van der Waals surface area contributed by atoms with E-state index in [9.17, 15) is 5.11 Å². The summed E-state index contributed by atoms with van der Waals surface area (Å²) in [4.78, 5) is 0. The highest BCUT2D eigenvalue weighted by Gasteiger charge is 2.42. The summed E-state index contributed by atoms with van der Waals surface area (Å²) in [7, 11) is 1.63. The van der Waals surface area contributed by atoms with E-state index < -0.39 is 5.54 Å². The van der Waals surface area contributed by atoms with E-state index in [1.807, 2.05) is 18.2 Å². The van der Waals surface area contributed by atoms with Crippen molar-refractivity contribution in [1.29, 1.82) is 0 Å². The zero-order valence-electron chi connectivity index (χ0n) is 8.53. The van der Waals surface area contributed by atoms with E-state index in [0.717, 1.165) is 15.8 Å². The van der Waals surface area contributed by atoms with Gasteiger partial charge in [-0.05, 0) is 36.6 Å². The third-order valence-corrected chi connectivity index (χ3v) is 3.60. The summed E-state index contributed by atoms with van der Waals surface area (Å²) in [5.41, 5.74) is 6.79. The van der Waals surface area contributed by atoms with Gasteiger partial charge in [0.15, 0.2) is 0 Å². The molecule has 0 saturated heterocycles. The maximum atomic E-state index is 9.34. The van der Waals surface area contributed by atoms with Gasteiger partial charge in [0.25, 0.3) is 0 Å². The van der Waals surface area contributed by atoms with E-state index in [-0.39, 0.29) is 6.10 Å². The fourth-order valence-electron chi connectivity index (χ4n) is 2.01. The second kappa shape index (κ2) is 3.77. The molecule has 1 aromatic rings. The Bertz CT molecular complexity index is 375. The minimum absolute atomic E-state index is 0.270. The summed E-state index contributed by atoms with van der Waals surface area (Å²) in [6.07, 6.45) is 0.950. The van der Waals surface area contributed by atoms with Crippen molar-refractivity contribution in [2.24, 2.45) is 5.73 Å². The maximum Gasteiger partial charge on any atom is 0.119 e. The molecule has 0 bridgehead atoms. The van der Waals surface area contributed by atoms with Crippen LogP contribution in [0.15, 0.2) is 22.7 Å². The van der Waals surface area contributed by atoms with Gasteiger partial charge >= 0.3 is 0 Å². The Morgan fingerprint density at radius 3 is 2.73 bits per heavy atom. The van der Waals surface area contributed by atoms with Crippen LogP contribution in [0.4, 0.5) is 0 Å². The van der Waals surface area contributed by atoms with E-state index in [1.54, 1.807) is 7.11 Å². The summed E-state index contributed by atoms with van der Waals surface area (Å²) < 4.78 is 6.13. The molecule has 15 heavy (non-hydrogen) atoms. The van der Waals surface area contributed by atoms with Gasteiger partial charge in [0.2, 0.25) is 0 Å². The predicted molar refractivity (Wildman–Crippen MR) is 61.8 cm³/mol. The van der Waals surface area contributed by atoms with Crippen LogP contribution in [0.5, 0.6) is 5.75 Å². The molecule has 0 amide bonds. The molecule has 3 N–H and O–H groups in total. The highest BCUT2D eigenvalue weighted by Crippen LogP contribution is 2.43. The molecule has 82 valence electrons. The first kappa shape index (κ1) is 10.9. The number of hydrogen-bond acceptors (Lipinski definition) is 3. The Kier molecular flexibility index (Phi) is 2.75. The number of methoxy groups -OCH3 is 1. The van der Waals surface area contributed by atoms with Crippen LogP contribution in [0.3, 0.4) is 0 Å². The number of halogens is 1. The summed E-state index contributed by atoms with van der Waals surface area (Å²) in [5, 5.41) is 9.34. The molecule has 0 heterocycles. The summed E-state index contributed by atoms with van der Waals surface area (Å²) >= 11 is 3.47. The van der Waals surface area contributed by atoms with Gasteiger partial charge in [0.1, 0.15) is 5.75 Å². The number of rotatable bonds is 2. The number of aliphatic hydroxyl groups excluding tert-OH is 1. The van der Waals surface area contributed by atoms with Gasteiger partial charge in [0.05, 0.1) is 13.2 Å². The molecule has 0 aromatic heterocycles. The van der Waals surface area contributed by atoms with Crippen molar-refractivity contribution >= 4 is 15.9 Å². The standard InChI is InChI=1S/C11H14BrNO2/c1-15-8-2-3-10(12)9(4-8)11(13)5-7(14)6-11/h2-4,7,14H,5-6,13H2,1H3. The molecule has 0 aliphatic heterocycles. The van der Waals surface area contributed by atoms with E-state index in [1.165, 1.54) is 0 Å². The van der Waals surface area contributed by atoms with Gasteiger partial charge in [-0.2, -0.15) is 0 Å². The first-order chi connectivity index (χ1) is 7.05. The molecular formula is C11H14BrNO2. The van der Waals surface area contributed by atoms with Crippen LogP contribution in [-0.2, 0) is 5.54 Å². The molecule has 0 atom stereocenters. The van der Waals surface area contributed by atoms with Crippen LogP contribution >= 0.6 is 15.9 Å². The van der Waals surface area contributed by atoms with Crippen molar-refractivity contribution in [2.75, 3.05) is 7.11 Å². The Morgan fingerprint density at radius 1 is 1.53 bits per heavy atom. The number of nitrogens with two attached hydrogens (primary N) is 1. The van der Waals surface area contributed by atoms with Crippen LogP contribution in [0.2, 0.25) is 0 Å². The first-order valence-corrected chi connectivity index (χ1v) is 5.65. The van der Waals surface area contributed by atoms with E-state index in [0.29, 0.717) is 12.8 Å². The van der Waals surface area contributed by atoms with Crippen molar-refractivity contribution in [3.05, 3.63) is 28.2 Å². The lowest BCUT2D eigenvalue weighted by Gasteiger charge is -2.43. The minimum Gasteiger partial charge on any atom is -0.497 e. The first-order valence-electron chi connectivity index (χ1n) is 4.86. The fourth-order valence-corrected chi connectivity index (χ4v) is 2.66. The van der Waals surface area contributed by atoms with Gasteiger partial charge in [-0.1, -0.05) is 15.9 Å². The molecular weight excluding hydrogens is 258 g/mol. The Morgan fingerprint density at radius 2 is 2.20 bits per heavy atom. The molecule has 1 aliphatic rings. The molecule has 3 nitrogen and oxygen atoms in total. The SMILES string of the molecule is COc1ccc(Br)c(C2(N)CC(O)C2)c1. The maximum absolute atomic E-state index is 9.34. The number of hydrogen-bond donors (Lipinski definition) is 2. The number of ether oxygens (including phenoxy) is 1. The minimum atomic E-state index is -0.410. The molecule has 0 radical (unpaired) electrons. The summed E-state index contributed by atoms with van der Waals surface area (Å²) in [6.45, 7) is 0. The van der Waals surface area contributed by atoms with Crippen LogP contribution < -0.4 is 10.5 Å². The van der Waals surface area contributed by atoms with Crippen LogP contribution in [-0.4, -0.2) is 18.3 Å². The molecule has 0 unspecified atom stereocenters. The topological polar surface area (TPSA) is 55.5 Å². The average molecular weight is 272 g/mol. The van der Waals surface area contributed by atoms with Crippen molar-refractivity contribution in [3.8, 4) is 5.75 Å². The lowest BCUT2D eigenvalue weighted by Crippen LogP contribution is -2.51. The van der Waals surface area contributed by atoms with Crippen LogP contribution in [0.1, 0.15) is 18.4 Å². The zero-order chi connectivity index (χ0) is 11.1. The van der Waals surface area contributed by atoms with Crippen molar-refractivity contribution in [1.82, 2.24) is 0 Å². The second-order valence-electron chi connectivity index (χ2n) is 4.06. The van der Waals surface area contributed by atoms with E-state index >= 15 is 0 Å². The third-order valence-electron chi connectivity index (χ3n) is 2.91. The van der Waals surface area contributed by atoms with Gasteiger partial charge in [0, 0.05) is 10.0 Å². The molecule has 1 saturated carbocycles. The molecule has 1 fully saturated rings. The van der Waals surface area contributed by atoms with Gasteiger partial charge in [-0.15, -0.1) is 0 Å². The highest BCUT2D eigenvalue weighted by atomic mass is 79.9. The Hall–Kier alpha value is -0.580. The van der Waals surface area contributed by atoms with Gasteiger partial charge < -0.3 is 15.6 Å². The third kappa shape index (κ3) is 1.89. The zero-order valence-corrected chi connectivity index (χ0v) is 10.1. The van der Waals surface area contributed by atoms with Crippen LogP contribution in [0.25, 0.3) is 0 Å². The highest BCUT2D eigenvalue weighted by molar-refractivity contribution is 9.10. The van der Waals surface area contributed by atoms with Crippen molar-refractivity contribution < 1.29 is 9.84 Å². The smallest absolute Gasteiger partial charge is 0.119 e. The van der Waals surface area contributed by atoms with Crippen molar-refractivity contribution in [3.63, 3.8) is 0 Å². The molecule has 1 aliphatic carbocycles. The van der Waals surface area contributed by atoms with E-state index in [2.05, 4.69) is 15.9 Å². The van der Waals surface area contributed by atoms with E-state index in [4.69, 9.17) is 10.5 Å². The fraction of sp³-hybridized carbons (Fsp3) is 0.455. The molecule has 4 heteroatoms. The second-order valence-corrected chi connectivity index (χ2v) is 4.92. The van der Waals surface area contributed by atoms with Gasteiger partial charge in [-0.3, -0.25) is 0 Å². The molecule has 0 spiro atoms. The predicted octanol–water partition coefficient (Wildman–Crippen LogP) is 1.77. The van der Waals surface area contributed by atoms with Crippen molar-refractivity contribution in [2.45, 2.75) is 24.5 Å². The van der Waals surface area contributed by atoms with Crippen LogP contribution in [0, 0.1) is 0 Å². The lowest BCUT2D eigenvalue weighted by atomic mass is 9.70. The Labute approximate surface area is 97.4 Å². The monoisotopic (exact) mass is 271 g/mol. The number of benzene rings is 1. The van der Waals surface area contributed by atoms with Gasteiger partial charge in [-0.25, -0.2) is 0 Å². The lowest BCUT2D eigenvalue weighted by molar-refractivity contribution is 0.0205. The molecule has 2 rings (SSSR count). The quantitative estimate of drug-likeness (QED) is 0.862. The Balaban J connectivity index is 2.34. The summed E-state index contributed by atoms with van der Waals surface area (Å²) in [6, 6.07) is 5.73.